The SMILES string of the molecule is O=C(O)CCCC(=O)NCc1cncs1. The van der Waals surface area contributed by atoms with Gasteiger partial charge in [0.25, 0.3) is 0 Å². The molecule has 15 heavy (non-hydrogen) atoms. The summed E-state index contributed by atoms with van der Waals surface area (Å²) in [7, 11) is 0. The third kappa shape index (κ3) is 5.11. The van der Waals surface area contributed by atoms with Crippen molar-refractivity contribution in [2.45, 2.75) is 25.8 Å². The van der Waals surface area contributed by atoms with Crippen LogP contribution in [0.5, 0.6) is 0 Å². The second-order valence-corrected chi connectivity index (χ2v) is 3.96. The quantitative estimate of drug-likeness (QED) is 0.761. The number of rotatable bonds is 6. The van der Waals surface area contributed by atoms with Crippen molar-refractivity contribution in [3.63, 3.8) is 0 Å². The first kappa shape index (κ1) is 11.6. The first-order valence-corrected chi connectivity index (χ1v) is 5.42. The molecule has 0 aliphatic carbocycles. The Morgan fingerprint density at radius 1 is 1.47 bits per heavy atom. The molecule has 0 bridgehead atoms. The van der Waals surface area contributed by atoms with E-state index in [-0.39, 0.29) is 18.7 Å². The molecule has 1 rings (SSSR count). The second kappa shape index (κ2) is 6.13. The van der Waals surface area contributed by atoms with Gasteiger partial charge in [-0.3, -0.25) is 14.6 Å². The summed E-state index contributed by atoms with van der Waals surface area (Å²) < 4.78 is 0. The molecule has 0 saturated heterocycles. The summed E-state index contributed by atoms with van der Waals surface area (Å²) in [6.07, 6.45) is 2.37. The van der Waals surface area contributed by atoms with Crippen LogP contribution in [0.4, 0.5) is 0 Å². The Morgan fingerprint density at radius 3 is 2.87 bits per heavy atom. The Kier molecular flexibility index (Phi) is 4.76. The minimum atomic E-state index is -0.870. The van der Waals surface area contributed by atoms with Gasteiger partial charge in [0.05, 0.1) is 12.1 Å². The van der Waals surface area contributed by atoms with E-state index in [1.807, 2.05) is 0 Å². The molecule has 0 aliphatic heterocycles. The van der Waals surface area contributed by atoms with Crippen LogP contribution < -0.4 is 5.32 Å². The third-order valence-electron chi connectivity index (χ3n) is 1.74. The highest BCUT2D eigenvalue weighted by Crippen LogP contribution is 2.04. The zero-order valence-corrected chi connectivity index (χ0v) is 8.92. The van der Waals surface area contributed by atoms with Gasteiger partial charge in [-0.1, -0.05) is 0 Å². The number of carbonyl (C=O) groups excluding carboxylic acids is 1. The maximum atomic E-state index is 11.2. The van der Waals surface area contributed by atoms with Crippen LogP contribution in [0.25, 0.3) is 0 Å². The van der Waals surface area contributed by atoms with Crippen molar-refractivity contribution in [1.82, 2.24) is 10.3 Å². The van der Waals surface area contributed by atoms with E-state index in [1.165, 1.54) is 11.3 Å². The molecule has 6 heteroatoms. The summed E-state index contributed by atoms with van der Waals surface area (Å²) in [6, 6.07) is 0. The number of carboxylic acid groups (broad SMARTS) is 1. The van der Waals surface area contributed by atoms with E-state index in [0.29, 0.717) is 13.0 Å². The first-order chi connectivity index (χ1) is 7.18. The molecular weight excluding hydrogens is 216 g/mol. The predicted molar refractivity (Wildman–Crippen MR) is 55.4 cm³/mol. The van der Waals surface area contributed by atoms with E-state index >= 15 is 0 Å². The van der Waals surface area contributed by atoms with Crippen molar-refractivity contribution >= 4 is 23.2 Å². The van der Waals surface area contributed by atoms with E-state index in [0.717, 1.165) is 4.88 Å². The first-order valence-electron chi connectivity index (χ1n) is 4.54. The molecular formula is C9H12N2O3S. The molecule has 1 amide bonds. The minimum Gasteiger partial charge on any atom is -0.481 e. The van der Waals surface area contributed by atoms with Crippen LogP contribution in [0, 0.1) is 0 Å². The number of hydrogen-bond acceptors (Lipinski definition) is 4. The normalized spacial score (nSPS) is 9.87. The Hall–Kier alpha value is -1.43. The van der Waals surface area contributed by atoms with Crippen LogP contribution in [0.2, 0.25) is 0 Å². The van der Waals surface area contributed by atoms with Crippen molar-refractivity contribution in [2.75, 3.05) is 0 Å². The fraction of sp³-hybridized carbons (Fsp3) is 0.444. The number of aliphatic carboxylic acids is 1. The van der Waals surface area contributed by atoms with Gasteiger partial charge in [0.15, 0.2) is 0 Å². The topological polar surface area (TPSA) is 79.3 Å². The monoisotopic (exact) mass is 228 g/mol. The fourth-order valence-corrected chi connectivity index (χ4v) is 1.54. The van der Waals surface area contributed by atoms with Crippen LogP contribution in [-0.2, 0) is 16.1 Å². The van der Waals surface area contributed by atoms with Crippen molar-refractivity contribution < 1.29 is 14.7 Å². The van der Waals surface area contributed by atoms with E-state index < -0.39 is 5.97 Å². The van der Waals surface area contributed by atoms with E-state index in [1.54, 1.807) is 11.7 Å². The number of carboxylic acids is 1. The number of carbonyl (C=O) groups is 2. The highest BCUT2D eigenvalue weighted by molar-refractivity contribution is 7.09. The van der Waals surface area contributed by atoms with Gasteiger partial charge in [-0.15, -0.1) is 11.3 Å². The Balaban J connectivity index is 2.11. The highest BCUT2D eigenvalue weighted by atomic mass is 32.1. The number of hydrogen-bond donors (Lipinski definition) is 2. The minimum absolute atomic E-state index is 0.0357. The smallest absolute Gasteiger partial charge is 0.303 e. The van der Waals surface area contributed by atoms with Crippen molar-refractivity contribution in [3.8, 4) is 0 Å². The van der Waals surface area contributed by atoms with Gasteiger partial charge in [0, 0.05) is 23.9 Å². The number of nitrogens with one attached hydrogen (secondary N) is 1. The van der Waals surface area contributed by atoms with Crippen molar-refractivity contribution in [3.05, 3.63) is 16.6 Å². The van der Waals surface area contributed by atoms with Gasteiger partial charge in [-0.25, -0.2) is 0 Å². The van der Waals surface area contributed by atoms with Crippen molar-refractivity contribution in [2.24, 2.45) is 0 Å². The number of aromatic nitrogens is 1. The molecule has 1 heterocycles. The molecule has 0 spiro atoms. The zero-order chi connectivity index (χ0) is 11.1. The standard InChI is InChI=1S/C9H12N2O3S/c12-8(2-1-3-9(13)14)11-5-7-4-10-6-15-7/h4,6H,1-3,5H2,(H,11,12)(H,13,14). The van der Waals surface area contributed by atoms with E-state index in [4.69, 9.17) is 5.11 Å². The molecule has 0 aromatic carbocycles. The molecule has 1 aromatic rings. The fourth-order valence-electron chi connectivity index (χ4n) is 1.00. The summed E-state index contributed by atoms with van der Waals surface area (Å²) >= 11 is 1.47. The van der Waals surface area contributed by atoms with Gasteiger partial charge < -0.3 is 10.4 Å². The molecule has 82 valence electrons. The van der Waals surface area contributed by atoms with Gasteiger partial charge in [-0.2, -0.15) is 0 Å². The summed E-state index contributed by atoms with van der Waals surface area (Å²) in [6.45, 7) is 0.469. The Bertz CT molecular complexity index is 324. The maximum Gasteiger partial charge on any atom is 0.303 e. The van der Waals surface area contributed by atoms with Crippen LogP contribution in [-0.4, -0.2) is 22.0 Å². The molecule has 0 atom stereocenters. The van der Waals surface area contributed by atoms with Crippen molar-refractivity contribution in [1.29, 1.82) is 0 Å². The molecule has 0 saturated carbocycles. The van der Waals surface area contributed by atoms with Crippen LogP contribution in [0.1, 0.15) is 24.1 Å². The molecule has 0 fully saturated rings. The number of amides is 1. The molecule has 2 N–H and O–H groups in total. The molecule has 0 aliphatic rings. The summed E-state index contributed by atoms with van der Waals surface area (Å²) in [5.41, 5.74) is 1.70. The molecule has 5 nitrogen and oxygen atoms in total. The van der Waals surface area contributed by atoms with Gasteiger partial charge >= 0.3 is 5.97 Å². The van der Waals surface area contributed by atoms with E-state index in [2.05, 4.69) is 10.3 Å². The second-order valence-electron chi connectivity index (χ2n) is 2.99. The van der Waals surface area contributed by atoms with Crippen LogP contribution in [0.3, 0.4) is 0 Å². The predicted octanol–water partition coefficient (Wildman–Crippen LogP) is 1.01. The Labute approximate surface area is 91.1 Å². The lowest BCUT2D eigenvalue weighted by molar-refractivity contribution is -0.137. The lowest BCUT2D eigenvalue weighted by Crippen LogP contribution is -2.22. The zero-order valence-electron chi connectivity index (χ0n) is 8.10. The lowest BCUT2D eigenvalue weighted by atomic mass is 10.2. The van der Waals surface area contributed by atoms with Gasteiger partial charge in [-0.05, 0) is 6.42 Å². The highest BCUT2D eigenvalue weighted by Gasteiger charge is 2.03. The van der Waals surface area contributed by atoms with Gasteiger partial charge in [0.2, 0.25) is 5.91 Å². The lowest BCUT2D eigenvalue weighted by Gasteiger charge is -2.01. The summed E-state index contributed by atoms with van der Waals surface area (Å²) in [4.78, 5) is 26.2. The summed E-state index contributed by atoms with van der Waals surface area (Å²) in [5, 5.41) is 11.1. The average Bonchev–Trinajstić information content (AvgIpc) is 2.66. The maximum absolute atomic E-state index is 11.2. The number of thiazole rings is 1. The van der Waals surface area contributed by atoms with Crippen LogP contribution in [0.15, 0.2) is 11.7 Å². The van der Waals surface area contributed by atoms with Gasteiger partial charge in [0.1, 0.15) is 0 Å². The number of nitrogens with zero attached hydrogens (tertiary/aromatic N) is 1. The summed E-state index contributed by atoms with van der Waals surface area (Å²) in [5.74, 6) is -0.991. The van der Waals surface area contributed by atoms with E-state index in [9.17, 15) is 9.59 Å². The molecule has 1 aromatic heterocycles. The molecule has 0 unspecified atom stereocenters. The molecule has 0 radical (unpaired) electrons. The van der Waals surface area contributed by atoms with Crippen LogP contribution >= 0.6 is 11.3 Å². The Morgan fingerprint density at radius 2 is 2.27 bits per heavy atom. The third-order valence-corrected chi connectivity index (χ3v) is 2.52. The largest absolute Gasteiger partial charge is 0.481 e. The average molecular weight is 228 g/mol.